The molecule has 0 aliphatic rings. The van der Waals surface area contributed by atoms with Gasteiger partial charge in [-0.3, -0.25) is 4.79 Å². The molecule has 0 aliphatic heterocycles. The zero-order valence-electron chi connectivity index (χ0n) is 11.1. The number of alkyl halides is 1. The maximum Gasteiger partial charge on any atom is 0.264 e. The van der Waals surface area contributed by atoms with Crippen molar-refractivity contribution in [2.24, 2.45) is 5.92 Å². The quantitative estimate of drug-likeness (QED) is 0.780. The first-order valence-corrected chi connectivity index (χ1v) is 8.06. The number of amides is 1. The minimum atomic E-state index is -0.0581. The average Bonchev–Trinajstić information content (AvgIpc) is 2.85. The fraction of sp³-hybridized carbons (Fsp3) is 0.750. The van der Waals surface area contributed by atoms with Crippen molar-refractivity contribution in [3.63, 3.8) is 0 Å². The van der Waals surface area contributed by atoms with E-state index in [1.807, 2.05) is 6.92 Å². The zero-order chi connectivity index (χ0) is 13.5. The van der Waals surface area contributed by atoms with Crippen molar-refractivity contribution >= 4 is 33.4 Å². The molecule has 1 rings (SSSR count). The van der Waals surface area contributed by atoms with Gasteiger partial charge >= 0.3 is 0 Å². The molecule has 1 aromatic heterocycles. The van der Waals surface area contributed by atoms with Crippen molar-refractivity contribution in [1.82, 2.24) is 14.9 Å². The number of aromatic nitrogens is 2. The zero-order valence-corrected chi connectivity index (χ0v) is 13.5. The molecule has 0 saturated carbocycles. The average molecular weight is 334 g/mol. The summed E-state index contributed by atoms with van der Waals surface area (Å²) in [6, 6.07) is 0. The molecule has 4 nitrogen and oxygen atoms in total. The van der Waals surface area contributed by atoms with Gasteiger partial charge in [0.15, 0.2) is 0 Å². The molecule has 0 spiro atoms. The Kier molecular flexibility index (Phi) is 6.78. The first-order valence-electron chi connectivity index (χ1n) is 6.37. The second kappa shape index (κ2) is 7.84. The second-order valence-corrected chi connectivity index (χ2v) is 6.14. The van der Waals surface area contributed by atoms with E-state index in [0.717, 1.165) is 25.0 Å². The number of carbonyl (C=O) groups is 1. The number of rotatable bonds is 7. The molecule has 1 amide bonds. The van der Waals surface area contributed by atoms with Gasteiger partial charge in [-0.25, -0.2) is 0 Å². The Morgan fingerprint density at radius 3 is 2.61 bits per heavy atom. The molecule has 0 saturated heterocycles. The largest absolute Gasteiger partial charge is 0.350 e. The van der Waals surface area contributed by atoms with Crippen molar-refractivity contribution in [1.29, 1.82) is 0 Å². The Hall–Kier alpha value is -0.490. The highest BCUT2D eigenvalue weighted by atomic mass is 79.9. The lowest BCUT2D eigenvalue weighted by Gasteiger charge is -2.19. The van der Waals surface area contributed by atoms with Gasteiger partial charge in [0, 0.05) is 11.4 Å². The van der Waals surface area contributed by atoms with Gasteiger partial charge < -0.3 is 5.32 Å². The molecule has 1 heterocycles. The van der Waals surface area contributed by atoms with Crippen LogP contribution in [0.5, 0.6) is 0 Å². The van der Waals surface area contributed by atoms with E-state index >= 15 is 0 Å². The van der Waals surface area contributed by atoms with Gasteiger partial charge in [0.1, 0.15) is 4.88 Å². The van der Waals surface area contributed by atoms with E-state index in [0.29, 0.717) is 22.2 Å². The van der Waals surface area contributed by atoms with E-state index in [4.69, 9.17) is 0 Å². The third kappa shape index (κ3) is 4.02. The molecule has 6 heteroatoms. The maximum atomic E-state index is 12.0. The minimum Gasteiger partial charge on any atom is -0.350 e. The van der Waals surface area contributed by atoms with Crippen LogP contribution in [0.4, 0.5) is 0 Å². The number of aryl methyl sites for hydroxylation is 1. The van der Waals surface area contributed by atoms with Crippen LogP contribution in [0.15, 0.2) is 0 Å². The van der Waals surface area contributed by atoms with Gasteiger partial charge in [-0.05, 0) is 23.9 Å². The van der Waals surface area contributed by atoms with E-state index in [2.05, 4.69) is 44.7 Å². The highest BCUT2D eigenvalue weighted by Crippen LogP contribution is 2.19. The van der Waals surface area contributed by atoms with Crippen LogP contribution in [-0.4, -0.2) is 26.9 Å². The Morgan fingerprint density at radius 2 is 2.06 bits per heavy atom. The van der Waals surface area contributed by atoms with Crippen LogP contribution in [-0.2, 0) is 6.42 Å². The number of carbonyl (C=O) groups excluding carboxylic acids is 1. The smallest absolute Gasteiger partial charge is 0.264 e. The second-order valence-electron chi connectivity index (χ2n) is 4.20. The first-order chi connectivity index (χ1) is 8.63. The fourth-order valence-electron chi connectivity index (χ4n) is 1.85. The molecular formula is C12H20BrN3OS. The Labute approximate surface area is 121 Å². The topological polar surface area (TPSA) is 54.9 Å². The molecule has 0 radical (unpaired) electrons. The highest BCUT2D eigenvalue weighted by Gasteiger charge is 2.19. The van der Waals surface area contributed by atoms with Crippen molar-refractivity contribution in [3.8, 4) is 0 Å². The highest BCUT2D eigenvalue weighted by molar-refractivity contribution is 9.09. The van der Waals surface area contributed by atoms with Crippen LogP contribution in [0, 0.1) is 5.92 Å². The van der Waals surface area contributed by atoms with Gasteiger partial charge in [0.2, 0.25) is 0 Å². The first kappa shape index (κ1) is 15.6. The molecular weight excluding hydrogens is 314 g/mol. The van der Waals surface area contributed by atoms with E-state index in [-0.39, 0.29) is 5.91 Å². The van der Waals surface area contributed by atoms with Crippen LogP contribution < -0.4 is 5.32 Å². The number of hydrogen-bond acceptors (Lipinski definition) is 4. The van der Waals surface area contributed by atoms with Gasteiger partial charge in [0.05, 0.1) is 5.69 Å². The van der Waals surface area contributed by atoms with Crippen LogP contribution in [0.2, 0.25) is 0 Å². The summed E-state index contributed by atoms with van der Waals surface area (Å²) in [6.07, 6.45) is 2.97. The summed E-state index contributed by atoms with van der Waals surface area (Å²) in [6.45, 7) is 6.97. The molecule has 0 aromatic carbocycles. The monoisotopic (exact) mass is 333 g/mol. The fourth-order valence-corrected chi connectivity index (χ4v) is 3.43. The third-order valence-electron chi connectivity index (χ3n) is 3.11. The summed E-state index contributed by atoms with van der Waals surface area (Å²) in [5.41, 5.74) is 0.783. The summed E-state index contributed by atoms with van der Waals surface area (Å²) < 4.78 is 3.83. The SMILES string of the molecule is CCc1nnsc1C(=O)NCC(Br)C(CC)CC. The summed E-state index contributed by atoms with van der Waals surface area (Å²) in [5.74, 6) is 0.535. The van der Waals surface area contributed by atoms with Crippen LogP contribution in [0.3, 0.4) is 0 Å². The molecule has 0 aliphatic carbocycles. The molecule has 1 unspecified atom stereocenters. The van der Waals surface area contributed by atoms with Crippen LogP contribution in [0.1, 0.15) is 49.0 Å². The van der Waals surface area contributed by atoms with E-state index in [1.54, 1.807) is 0 Å². The Balaban J connectivity index is 2.51. The van der Waals surface area contributed by atoms with E-state index in [1.165, 1.54) is 11.5 Å². The summed E-state index contributed by atoms with van der Waals surface area (Å²) in [7, 11) is 0. The molecule has 1 atom stereocenters. The number of nitrogens with zero attached hydrogens (tertiary/aromatic N) is 2. The van der Waals surface area contributed by atoms with Gasteiger partial charge in [-0.2, -0.15) is 0 Å². The third-order valence-corrected chi connectivity index (χ3v) is 4.95. The normalized spacial score (nSPS) is 12.7. The Morgan fingerprint density at radius 1 is 1.39 bits per heavy atom. The number of hydrogen-bond donors (Lipinski definition) is 1. The molecule has 18 heavy (non-hydrogen) atoms. The minimum absolute atomic E-state index is 0.0581. The lowest BCUT2D eigenvalue weighted by Crippen LogP contribution is -2.32. The molecule has 0 fully saturated rings. The van der Waals surface area contributed by atoms with Crippen molar-refractivity contribution in [3.05, 3.63) is 10.6 Å². The van der Waals surface area contributed by atoms with Crippen molar-refractivity contribution < 1.29 is 4.79 Å². The standard InChI is InChI=1S/C12H20BrN3OS/c1-4-8(5-2)9(13)7-14-12(17)11-10(6-3)15-16-18-11/h8-9H,4-7H2,1-3H3,(H,14,17). The summed E-state index contributed by atoms with van der Waals surface area (Å²) in [4.78, 5) is 12.9. The van der Waals surface area contributed by atoms with Crippen LogP contribution >= 0.6 is 27.5 Å². The Bertz CT molecular complexity index is 379. The van der Waals surface area contributed by atoms with E-state index < -0.39 is 0 Å². The predicted octanol–water partition coefficient (Wildman–Crippen LogP) is 3.03. The molecule has 102 valence electrons. The van der Waals surface area contributed by atoms with E-state index in [9.17, 15) is 4.79 Å². The van der Waals surface area contributed by atoms with Gasteiger partial charge in [0.25, 0.3) is 5.91 Å². The lowest BCUT2D eigenvalue weighted by molar-refractivity contribution is 0.0955. The summed E-state index contributed by atoms with van der Waals surface area (Å²) in [5, 5.41) is 6.90. The number of halogens is 1. The van der Waals surface area contributed by atoms with Gasteiger partial charge in [-0.1, -0.05) is 54.0 Å². The van der Waals surface area contributed by atoms with Crippen molar-refractivity contribution in [2.75, 3.05) is 6.54 Å². The molecule has 1 N–H and O–H groups in total. The predicted molar refractivity (Wildman–Crippen MR) is 78.4 cm³/mol. The molecule has 0 bridgehead atoms. The summed E-state index contributed by atoms with van der Waals surface area (Å²) >= 11 is 4.81. The number of nitrogens with one attached hydrogen (secondary N) is 1. The van der Waals surface area contributed by atoms with Gasteiger partial charge in [-0.15, -0.1) is 5.10 Å². The van der Waals surface area contributed by atoms with Crippen LogP contribution in [0.25, 0.3) is 0 Å². The molecule has 1 aromatic rings. The maximum absolute atomic E-state index is 12.0. The van der Waals surface area contributed by atoms with Crippen molar-refractivity contribution in [2.45, 2.75) is 44.9 Å². The lowest BCUT2D eigenvalue weighted by atomic mass is 9.99.